The first-order valence-electron chi connectivity index (χ1n) is 6.61. The van der Waals surface area contributed by atoms with Crippen molar-refractivity contribution in [3.63, 3.8) is 0 Å². The third-order valence-corrected chi connectivity index (χ3v) is 3.83. The fourth-order valence-corrected chi connectivity index (χ4v) is 2.83. The Labute approximate surface area is 108 Å². The Bertz CT molecular complexity index is 403. The van der Waals surface area contributed by atoms with Gasteiger partial charge >= 0.3 is 0 Å². The van der Waals surface area contributed by atoms with Crippen LogP contribution >= 0.6 is 0 Å². The van der Waals surface area contributed by atoms with E-state index in [0.717, 1.165) is 31.6 Å². The summed E-state index contributed by atoms with van der Waals surface area (Å²) in [5, 5.41) is 22.9. The van der Waals surface area contributed by atoms with E-state index in [1.807, 2.05) is 0 Å². The zero-order chi connectivity index (χ0) is 13.1. The van der Waals surface area contributed by atoms with Crippen LogP contribution < -0.4 is 5.32 Å². The SMILES string of the molecule is CCN(C1CCNC1)C(C)c1cc(O)ccc1O. The van der Waals surface area contributed by atoms with Crippen molar-refractivity contribution in [3.8, 4) is 11.5 Å². The van der Waals surface area contributed by atoms with Crippen molar-refractivity contribution in [3.05, 3.63) is 23.8 Å². The molecule has 0 saturated carbocycles. The van der Waals surface area contributed by atoms with Crippen LogP contribution in [0.1, 0.15) is 31.9 Å². The molecule has 1 aromatic carbocycles. The normalized spacial score (nSPS) is 21.4. The van der Waals surface area contributed by atoms with Crippen LogP contribution in [0.25, 0.3) is 0 Å². The van der Waals surface area contributed by atoms with Crippen LogP contribution in [0.15, 0.2) is 18.2 Å². The van der Waals surface area contributed by atoms with Crippen LogP contribution in [0.3, 0.4) is 0 Å². The molecule has 1 aliphatic heterocycles. The molecular weight excluding hydrogens is 228 g/mol. The van der Waals surface area contributed by atoms with E-state index in [0.29, 0.717) is 6.04 Å². The van der Waals surface area contributed by atoms with Crippen LogP contribution in [-0.4, -0.2) is 40.8 Å². The Morgan fingerprint density at radius 3 is 2.83 bits per heavy atom. The Kier molecular flexibility index (Phi) is 4.09. The third-order valence-electron chi connectivity index (χ3n) is 3.83. The number of phenols is 2. The number of rotatable bonds is 4. The maximum atomic E-state index is 9.94. The highest BCUT2D eigenvalue weighted by Crippen LogP contribution is 2.33. The first-order chi connectivity index (χ1) is 8.63. The van der Waals surface area contributed by atoms with Gasteiger partial charge in [0, 0.05) is 24.2 Å². The summed E-state index contributed by atoms with van der Waals surface area (Å²) in [4.78, 5) is 2.37. The highest BCUT2D eigenvalue weighted by Gasteiger charge is 2.27. The molecule has 100 valence electrons. The zero-order valence-electron chi connectivity index (χ0n) is 11.1. The summed E-state index contributed by atoms with van der Waals surface area (Å²) in [5.41, 5.74) is 0.795. The molecule has 4 heteroatoms. The van der Waals surface area contributed by atoms with E-state index in [4.69, 9.17) is 0 Å². The van der Waals surface area contributed by atoms with E-state index in [2.05, 4.69) is 24.1 Å². The number of aromatic hydroxyl groups is 2. The fraction of sp³-hybridized carbons (Fsp3) is 0.571. The molecule has 0 amide bonds. The van der Waals surface area contributed by atoms with E-state index in [1.165, 1.54) is 6.07 Å². The number of likely N-dealkylation sites (N-methyl/N-ethyl adjacent to an activating group) is 1. The minimum absolute atomic E-state index is 0.104. The van der Waals surface area contributed by atoms with E-state index in [-0.39, 0.29) is 17.5 Å². The monoisotopic (exact) mass is 250 g/mol. The molecule has 1 heterocycles. The van der Waals surface area contributed by atoms with Crippen molar-refractivity contribution in [2.75, 3.05) is 19.6 Å². The molecule has 0 aliphatic carbocycles. The maximum Gasteiger partial charge on any atom is 0.120 e. The second kappa shape index (κ2) is 5.59. The number of phenolic OH excluding ortho intramolecular Hbond substituents is 2. The number of hydrogen-bond donors (Lipinski definition) is 3. The molecule has 1 aromatic rings. The smallest absolute Gasteiger partial charge is 0.120 e. The van der Waals surface area contributed by atoms with Gasteiger partial charge in [0.15, 0.2) is 0 Å². The summed E-state index contributed by atoms with van der Waals surface area (Å²) >= 11 is 0. The lowest BCUT2D eigenvalue weighted by Gasteiger charge is -2.33. The Morgan fingerprint density at radius 1 is 1.44 bits per heavy atom. The van der Waals surface area contributed by atoms with Crippen LogP contribution in [0.5, 0.6) is 11.5 Å². The van der Waals surface area contributed by atoms with E-state index < -0.39 is 0 Å². The van der Waals surface area contributed by atoms with E-state index in [1.54, 1.807) is 12.1 Å². The summed E-state index contributed by atoms with van der Waals surface area (Å²) in [7, 11) is 0. The van der Waals surface area contributed by atoms with Gasteiger partial charge in [-0.2, -0.15) is 0 Å². The van der Waals surface area contributed by atoms with Crippen molar-refractivity contribution in [2.45, 2.75) is 32.4 Å². The Hall–Kier alpha value is -1.26. The number of nitrogens with zero attached hydrogens (tertiary/aromatic N) is 1. The highest BCUT2D eigenvalue weighted by atomic mass is 16.3. The van der Waals surface area contributed by atoms with Crippen LogP contribution in [-0.2, 0) is 0 Å². The van der Waals surface area contributed by atoms with E-state index >= 15 is 0 Å². The van der Waals surface area contributed by atoms with Gasteiger partial charge in [0.2, 0.25) is 0 Å². The second-order valence-corrected chi connectivity index (χ2v) is 4.90. The average Bonchev–Trinajstić information content (AvgIpc) is 2.87. The van der Waals surface area contributed by atoms with Gasteiger partial charge in [-0.3, -0.25) is 4.90 Å². The molecule has 0 aromatic heterocycles. The molecule has 1 saturated heterocycles. The zero-order valence-corrected chi connectivity index (χ0v) is 11.1. The number of nitrogens with one attached hydrogen (secondary N) is 1. The largest absolute Gasteiger partial charge is 0.508 e. The predicted octanol–water partition coefficient (Wildman–Crippen LogP) is 1.84. The van der Waals surface area contributed by atoms with Crippen LogP contribution in [0.4, 0.5) is 0 Å². The fourth-order valence-electron chi connectivity index (χ4n) is 2.83. The lowest BCUT2D eigenvalue weighted by molar-refractivity contribution is 0.160. The Balaban J connectivity index is 2.21. The standard InChI is InChI=1S/C14H22N2O2/c1-3-16(11-6-7-15-9-11)10(2)13-8-12(17)4-5-14(13)18/h4-5,8,10-11,15,17-18H,3,6-7,9H2,1-2H3. The topological polar surface area (TPSA) is 55.7 Å². The molecular formula is C14H22N2O2. The highest BCUT2D eigenvalue weighted by molar-refractivity contribution is 5.40. The summed E-state index contributed by atoms with van der Waals surface area (Å²) in [6.07, 6.45) is 1.14. The molecule has 0 spiro atoms. The molecule has 1 aliphatic rings. The molecule has 2 atom stereocenters. The average molecular weight is 250 g/mol. The van der Waals surface area contributed by atoms with Crippen molar-refractivity contribution >= 4 is 0 Å². The first kappa shape index (κ1) is 13.2. The molecule has 2 unspecified atom stereocenters. The summed E-state index contributed by atoms with van der Waals surface area (Å²) < 4.78 is 0. The molecule has 4 nitrogen and oxygen atoms in total. The number of benzene rings is 1. The van der Waals surface area contributed by atoms with Crippen molar-refractivity contribution in [2.24, 2.45) is 0 Å². The van der Waals surface area contributed by atoms with E-state index in [9.17, 15) is 10.2 Å². The lowest BCUT2D eigenvalue weighted by atomic mass is 10.0. The molecule has 1 fully saturated rings. The quantitative estimate of drug-likeness (QED) is 0.714. The van der Waals surface area contributed by atoms with Gasteiger partial charge < -0.3 is 15.5 Å². The summed E-state index contributed by atoms with van der Waals surface area (Å²) in [6, 6.07) is 5.34. The van der Waals surface area contributed by atoms with Gasteiger partial charge in [0.1, 0.15) is 11.5 Å². The third kappa shape index (κ3) is 2.60. The molecule has 3 N–H and O–H groups in total. The maximum absolute atomic E-state index is 9.94. The molecule has 0 bridgehead atoms. The minimum atomic E-state index is 0.104. The summed E-state index contributed by atoms with van der Waals surface area (Å²) in [5.74, 6) is 0.458. The second-order valence-electron chi connectivity index (χ2n) is 4.90. The first-order valence-corrected chi connectivity index (χ1v) is 6.61. The van der Waals surface area contributed by atoms with Crippen molar-refractivity contribution in [1.29, 1.82) is 0 Å². The lowest BCUT2D eigenvalue weighted by Crippen LogP contribution is -2.38. The Morgan fingerprint density at radius 2 is 2.22 bits per heavy atom. The molecule has 0 radical (unpaired) electrons. The van der Waals surface area contributed by atoms with Gasteiger partial charge in [-0.15, -0.1) is 0 Å². The van der Waals surface area contributed by atoms with Gasteiger partial charge in [0.05, 0.1) is 0 Å². The number of hydrogen-bond acceptors (Lipinski definition) is 4. The van der Waals surface area contributed by atoms with Gasteiger partial charge in [0.25, 0.3) is 0 Å². The van der Waals surface area contributed by atoms with Gasteiger partial charge in [-0.05, 0) is 44.6 Å². The van der Waals surface area contributed by atoms with Gasteiger partial charge in [-0.25, -0.2) is 0 Å². The molecule has 18 heavy (non-hydrogen) atoms. The van der Waals surface area contributed by atoms with Crippen LogP contribution in [0.2, 0.25) is 0 Å². The summed E-state index contributed by atoms with van der Waals surface area (Å²) in [6.45, 7) is 7.20. The minimum Gasteiger partial charge on any atom is -0.508 e. The predicted molar refractivity (Wildman–Crippen MR) is 71.8 cm³/mol. The van der Waals surface area contributed by atoms with Gasteiger partial charge in [-0.1, -0.05) is 6.92 Å². The molecule has 2 rings (SSSR count). The van der Waals surface area contributed by atoms with Crippen molar-refractivity contribution in [1.82, 2.24) is 10.2 Å². The van der Waals surface area contributed by atoms with Crippen LogP contribution in [0, 0.1) is 0 Å². The van der Waals surface area contributed by atoms with Crippen molar-refractivity contribution < 1.29 is 10.2 Å².